The zero-order valence-corrected chi connectivity index (χ0v) is 15.8. The number of amides is 3. The summed E-state index contributed by atoms with van der Waals surface area (Å²) in [5, 5.41) is 10.5. The molecule has 0 bridgehead atoms. The Kier molecular flexibility index (Phi) is 5.52. The Morgan fingerprint density at radius 1 is 1.20 bits per heavy atom. The lowest BCUT2D eigenvalue weighted by Gasteiger charge is -2.19. The maximum atomic E-state index is 11.8. The molecule has 134 valence electrons. The number of urea groups is 1. The lowest BCUT2D eigenvalue weighted by Crippen LogP contribution is -2.39. The molecule has 8 heteroatoms. The molecule has 0 aliphatic rings. The molecule has 0 aliphatic heterocycles. The molecule has 0 radical (unpaired) electrons. The van der Waals surface area contributed by atoms with Crippen molar-refractivity contribution in [3.63, 3.8) is 0 Å². The van der Waals surface area contributed by atoms with E-state index < -0.39 is 17.2 Å². The number of thioether (sulfide) groups is 1. The first-order valence-electron chi connectivity index (χ1n) is 7.87. The molecule has 1 aromatic carbocycles. The maximum Gasteiger partial charge on any atom is 0.318 e. The monoisotopic (exact) mass is 361 g/mol. The number of benzene rings is 1. The van der Waals surface area contributed by atoms with Gasteiger partial charge in [-0.3, -0.25) is 10.1 Å². The van der Waals surface area contributed by atoms with Crippen molar-refractivity contribution in [3.8, 4) is 11.4 Å². The minimum absolute atomic E-state index is 0.0860. The zero-order chi connectivity index (χ0) is 18.8. The molecule has 3 amide bonds. The summed E-state index contributed by atoms with van der Waals surface area (Å²) in [7, 11) is 1.84. The Labute approximate surface area is 151 Å². The number of carbonyl (C=O) groups excluding carboxylic acids is 2. The Balaban J connectivity index is 2.18. The van der Waals surface area contributed by atoms with Gasteiger partial charge in [-0.1, -0.05) is 56.8 Å². The van der Waals surface area contributed by atoms with Gasteiger partial charge in [-0.15, -0.1) is 10.2 Å². The highest BCUT2D eigenvalue weighted by Gasteiger charge is 2.20. The van der Waals surface area contributed by atoms with Crippen LogP contribution in [0, 0.1) is 0 Å². The van der Waals surface area contributed by atoms with Gasteiger partial charge >= 0.3 is 6.03 Å². The lowest BCUT2D eigenvalue weighted by molar-refractivity contribution is -0.119. The Morgan fingerprint density at radius 3 is 2.32 bits per heavy atom. The standard InChI is InChI=1S/C17H23N5O2S/c1-10(14(23)19-15(18)24)25-16-21-20-13(22(16)5)11-6-8-12(9-7-11)17(2,3)4/h6-10H,1-5H3,(H3,18,19,23,24)/t10-/m1/s1. The van der Waals surface area contributed by atoms with E-state index in [4.69, 9.17) is 5.73 Å². The van der Waals surface area contributed by atoms with Crippen LogP contribution in [0.2, 0.25) is 0 Å². The van der Waals surface area contributed by atoms with Crippen molar-refractivity contribution in [2.45, 2.75) is 43.5 Å². The van der Waals surface area contributed by atoms with Crippen molar-refractivity contribution in [1.82, 2.24) is 20.1 Å². The summed E-state index contributed by atoms with van der Waals surface area (Å²) >= 11 is 1.21. The van der Waals surface area contributed by atoms with E-state index in [2.05, 4.69) is 48.4 Å². The molecule has 2 aromatic rings. The van der Waals surface area contributed by atoms with E-state index in [0.717, 1.165) is 5.56 Å². The third-order valence-corrected chi connectivity index (χ3v) is 4.88. The van der Waals surface area contributed by atoms with Gasteiger partial charge in [0.25, 0.3) is 0 Å². The smallest absolute Gasteiger partial charge is 0.318 e. The van der Waals surface area contributed by atoms with Gasteiger partial charge in [-0.05, 0) is 17.9 Å². The van der Waals surface area contributed by atoms with Crippen LogP contribution in [0.4, 0.5) is 4.79 Å². The van der Waals surface area contributed by atoms with Crippen LogP contribution >= 0.6 is 11.8 Å². The largest absolute Gasteiger partial charge is 0.351 e. The number of nitrogens with two attached hydrogens (primary N) is 1. The first-order valence-corrected chi connectivity index (χ1v) is 8.75. The van der Waals surface area contributed by atoms with E-state index in [-0.39, 0.29) is 5.41 Å². The Morgan fingerprint density at radius 2 is 1.80 bits per heavy atom. The molecule has 7 nitrogen and oxygen atoms in total. The first kappa shape index (κ1) is 19.0. The summed E-state index contributed by atoms with van der Waals surface area (Å²) < 4.78 is 1.82. The predicted octanol–water partition coefficient (Wildman–Crippen LogP) is 2.46. The summed E-state index contributed by atoms with van der Waals surface area (Å²) in [5.74, 6) is 0.252. The number of imide groups is 1. The molecule has 0 unspecified atom stereocenters. The van der Waals surface area contributed by atoms with Gasteiger partial charge in [0.1, 0.15) is 0 Å². The summed E-state index contributed by atoms with van der Waals surface area (Å²) in [4.78, 5) is 22.6. The van der Waals surface area contributed by atoms with Gasteiger partial charge in [-0.25, -0.2) is 4.79 Å². The molecule has 25 heavy (non-hydrogen) atoms. The van der Waals surface area contributed by atoms with E-state index >= 15 is 0 Å². The average Bonchev–Trinajstić information content (AvgIpc) is 2.87. The van der Waals surface area contributed by atoms with Crippen molar-refractivity contribution in [2.75, 3.05) is 0 Å². The number of nitrogens with zero attached hydrogens (tertiary/aromatic N) is 3. The molecule has 1 aromatic heterocycles. The van der Waals surface area contributed by atoms with Gasteiger partial charge in [0.15, 0.2) is 11.0 Å². The van der Waals surface area contributed by atoms with Gasteiger partial charge in [-0.2, -0.15) is 0 Å². The van der Waals surface area contributed by atoms with Crippen molar-refractivity contribution in [1.29, 1.82) is 0 Å². The van der Waals surface area contributed by atoms with Crippen LogP contribution in [0.15, 0.2) is 29.4 Å². The number of rotatable bonds is 4. The SMILES string of the molecule is C[C@@H](Sc1nnc(-c2ccc(C(C)(C)C)cc2)n1C)C(=O)NC(N)=O. The van der Waals surface area contributed by atoms with Crippen LogP contribution in [0.5, 0.6) is 0 Å². The molecule has 0 saturated heterocycles. The van der Waals surface area contributed by atoms with Crippen LogP contribution < -0.4 is 11.1 Å². The molecular formula is C17H23N5O2S. The van der Waals surface area contributed by atoms with Gasteiger partial charge < -0.3 is 10.3 Å². The summed E-state index contributed by atoms with van der Waals surface area (Å²) in [5.41, 5.74) is 7.24. The molecule has 0 aliphatic carbocycles. The van der Waals surface area contributed by atoms with E-state index in [1.165, 1.54) is 17.3 Å². The van der Waals surface area contributed by atoms with Crippen molar-refractivity contribution < 1.29 is 9.59 Å². The van der Waals surface area contributed by atoms with E-state index in [1.807, 2.05) is 23.7 Å². The highest BCUT2D eigenvalue weighted by Crippen LogP contribution is 2.28. The molecule has 0 fully saturated rings. The number of hydrogen-bond donors (Lipinski definition) is 2. The van der Waals surface area contributed by atoms with Gasteiger partial charge in [0.05, 0.1) is 5.25 Å². The lowest BCUT2D eigenvalue weighted by atomic mass is 9.87. The number of nitrogens with one attached hydrogen (secondary N) is 1. The third kappa shape index (κ3) is 4.60. The second-order valence-corrected chi connectivity index (χ2v) is 8.11. The minimum atomic E-state index is -0.866. The van der Waals surface area contributed by atoms with Crippen molar-refractivity contribution in [2.24, 2.45) is 12.8 Å². The number of carbonyl (C=O) groups is 2. The number of aromatic nitrogens is 3. The molecule has 1 heterocycles. The molecule has 0 spiro atoms. The molecule has 0 saturated carbocycles. The highest BCUT2D eigenvalue weighted by molar-refractivity contribution is 8.00. The van der Waals surface area contributed by atoms with Crippen LogP contribution in [0.3, 0.4) is 0 Å². The predicted molar refractivity (Wildman–Crippen MR) is 98.2 cm³/mol. The Bertz CT molecular complexity index is 777. The molecular weight excluding hydrogens is 338 g/mol. The van der Waals surface area contributed by atoms with E-state index in [0.29, 0.717) is 11.0 Å². The average molecular weight is 361 g/mol. The number of primary amides is 1. The number of hydrogen-bond acceptors (Lipinski definition) is 5. The quantitative estimate of drug-likeness (QED) is 0.814. The summed E-state index contributed by atoms with van der Waals surface area (Å²) in [6, 6.07) is 7.33. The molecule has 1 atom stereocenters. The second-order valence-electron chi connectivity index (χ2n) is 6.81. The second kappa shape index (κ2) is 7.26. The van der Waals surface area contributed by atoms with Crippen LogP contribution in [0.1, 0.15) is 33.3 Å². The Hall–Kier alpha value is -2.35. The first-order chi connectivity index (χ1) is 11.6. The van der Waals surface area contributed by atoms with Crippen molar-refractivity contribution >= 4 is 23.7 Å². The summed E-state index contributed by atoms with van der Waals surface area (Å²) in [6.07, 6.45) is 0. The van der Waals surface area contributed by atoms with Crippen molar-refractivity contribution in [3.05, 3.63) is 29.8 Å². The topological polar surface area (TPSA) is 103 Å². The fourth-order valence-electron chi connectivity index (χ4n) is 2.22. The van der Waals surface area contributed by atoms with Gasteiger partial charge in [0, 0.05) is 12.6 Å². The zero-order valence-electron chi connectivity index (χ0n) is 15.0. The normalized spacial score (nSPS) is 12.7. The van der Waals surface area contributed by atoms with Crippen LogP contribution in [-0.4, -0.2) is 32.0 Å². The van der Waals surface area contributed by atoms with Crippen LogP contribution in [0.25, 0.3) is 11.4 Å². The highest BCUT2D eigenvalue weighted by atomic mass is 32.2. The van der Waals surface area contributed by atoms with E-state index in [9.17, 15) is 9.59 Å². The molecule has 3 N–H and O–H groups in total. The third-order valence-electron chi connectivity index (χ3n) is 3.74. The van der Waals surface area contributed by atoms with Gasteiger partial charge in [0.2, 0.25) is 5.91 Å². The van der Waals surface area contributed by atoms with E-state index in [1.54, 1.807) is 6.92 Å². The maximum absolute atomic E-state index is 11.8. The fraction of sp³-hybridized carbons (Fsp3) is 0.412. The fourth-order valence-corrected chi connectivity index (χ4v) is 3.04. The van der Waals surface area contributed by atoms with Crippen LogP contribution in [-0.2, 0) is 17.3 Å². The molecule has 2 rings (SSSR count). The summed E-state index contributed by atoms with van der Waals surface area (Å²) in [6.45, 7) is 8.17. The minimum Gasteiger partial charge on any atom is -0.351 e.